The van der Waals surface area contributed by atoms with E-state index in [1.165, 1.54) is 0 Å². The molecule has 0 spiro atoms. The van der Waals surface area contributed by atoms with Gasteiger partial charge in [0.05, 0.1) is 20.5 Å². The second kappa shape index (κ2) is 9.84. The third-order valence-electron chi connectivity index (χ3n) is 4.91. The largest absolute Gasteiger partial charge is 0.497 e. The Hall–Kier alpha value is -2.36. The summed E-state index contributed by atoms with van der Waals surface area (Å²) in [5.74, 6) is 2.13. The summed E-state index contributed by atoms with van der Waals surface area (Å²) in [5.41, 5.74) is 2.31. The second-order valence-corrected chi connectivity index (χ2v) is 14.5. The number of benzene rings is 1. The van der Waals surface area contributed by atoms with Crippen LogP contribution in [-0.2, 0) is 18.0 Å². The molecule has 31 heavy (non-hydrogen) atoms. The zero-order valence-corrected chi connectivity index (χ0v) is 20.7. The molecule has 2 heterocycles. The predicted octanol–water partition coefficient (Wildman–Crippen LogP) is 4.45. The molecule has 3 aromatic rings. The maximum absolute atomic E-state index is 6.25. The third-order valence-corrected chi connectivity index (χ3v) is 6.78. The molecule has 1 aromatic carbocycles. The smallest absolute Gasteiger partial charge is 0.226 e. The molecule has 0 atom stereocenters. The predicted molar refractivity (Wildman–Crippen MR) is 126 cm³/mol. The molecule has 0 radical (unpaired) electrons. The SMILES string of the molecule is COc1ccc(CN(C)c2nc(Cl)nc3c2ncn3COCC[Si](C)(C)C)c(OC)c1. The van der Waals surface area contributed by atoms with Crippen molar-refractivity contribution in [3.05, 3.63) is 35.4 Å². The molecule has 3 rings (SSSR count). The number of methoxy groups -OCH3 is 2. The molecule has 0 saturated heterocycles. The van der Waals surface area contributed by atoms with Gasteiger partial charge < -0.3 is 19.1 Å². The van der Waals surface area contributed by atoms with E-state index < -0.39 is 8.07 Å². The van der Waals surface area contributed by atoms with Crippen molar-refractivity contribution >= 4 is 36.7 Å². The van der Waals surface area contributed by atoms with Crippen LogP contribution in [-0.4, -0.2) is 55.5 Å². The first-order valence-electron chi connectivity index (χ1n) is 10.1. The lowest BCUT2D eigenvalue weighted by Gasteiger charge is -2.20. The van der Waals surface area contributed by atoms with E-state index in [2.05, 4.69) is 34.6 Å². The van der Waals surface area contributed by atoms with Crippen LogP contribution in [0.1, 0.15) is 5.56 Å². The van der Waals surface area contributed by atoms with Gasteiger partial charge in [0.1, 0.15) is 18.2 Å². The second-order valence-electron chi connectivity index (χ2n) is 8.58. The standard InChI is InChI=1S/C21H30ClN5O3Si/c1-26(12-15-7-8-16(28-2)11-17(15)29-3)19-18-20(25-21(22)24-19)27(13-23-18)14-30-9-10-31(4,5)6/h7-8,11,13H,9-10,12,14H2,1-6H3. The Morgan fingerprint density at radius 2 is 1.90 bits per heavy atom. The molecule has 0 bridgehead atoms. The van der Waals surface area contributed by atoms with Crippen LogP contribution in [0.2, 0.25) is 31.0 Å². The van der Waals surface area contributed by atoms with E-state index in [0.717, 1.165) is 29.7 Å². The monoisotopic (exact) mass is 463 g/mol. The van der Waals surface area contributed by atoms with E-state index in [9.17, 15) is 0 Å². The van der Waals surface area contributed by atoms with Gasteiger partial charge in [-0.25, -0.2) is 4.98 Å². The summed E-state index contributed by atoms with van der Waals surface area (Å²) in [6, 6.07) is 6.84. The fourth-order valence-electron chi connectivity index (χ4n) is 3.12. The number of ether oxygens (including phenoxy) is 3. The molecule has 0 fully saturated rings. The Morgan fingerprint density at radius 1 is 1.13 bits per heavy atom. The molecular weight excluding hydrogens is 434 g/mol. The van der Waals surface area contributed by atoms with Crippen LogP contribution < -0.4 is 14.4 Å². The molecule has 0 aliphatic carbocycles. The summed E-state index contributed by atoms with van der Waals surface area (Å²) >= 11 is 6.25. The summed E-state index contributed by atoms with van der Waals surface area (Å²) < 4.78 is 18.5. The van der Waals surface area contributed by atoms with Crippen molar-refractivity contribution in [2.24, 2.45) is 0 Å². The quantitative estimate of drug-likeness (QED) is 0.250. The summed E-state index contributed by atoms with van der Waals surface area (Å²) in [5, 5.41) is 0.167. The van der Waals surface area contributed by atoms with Gasteiger partial charge in [-0.15, -0.1) is 0 Å². The van der Waals surface area contributed by atoms with E-state index in [1.807, 2.05) is 34.7 Å². The van der Waals surface area contributed by atoms with Gasteiger partial charge in [0.25, 0.3) is 0 Å². The zero-order chi connectivity index (χ0) is 22.6. The normalized spacial score (nSPS) is 11.7. The molecule has 0 unspecified atom stereocenters. The third kappa shape index (κ3) is 5.87. The average Bonchev–Trinajstić information content (AvgIpc) is 3.12. The number of hydrogen-bond acceptors (Lipinski definition) is 7. The maximum Gasteiger partial charge on any atom is 0.226 e. The van der Waals surface area contributed by atoms with Crippen molar-refractivity contribution in [3.63, 3.8) is 0 Å². The number of hydrogen-bond donors (Lipinski definition) is 0. The topological polar surface area (TPSA) is 74.5 Å². The lowest BCUT2D eigenvalue weighted by atomic mass is 10.1. The Labute approximate surface area is 189 Å². The van der Waals surface area contributed by atoms with Crippen molar-refractivity contribution in [3.8, 4) is 11.5 Å². The first-order chi connectivity index (χ1) is 14.7. The van der Waals surface area contributed by atoms with Gasteiger partial charge in [-0.05, 0) is 29.8 Å². The van der Waals surface area contributed by atoms with Crippen molar-refractivity contribution < 1.29 is 14.2 Å². The fraction of sp³-hybridized carbons (Fsp3) is 0.476. The number of nitrogens with zero attached hydrogens (tertiary/aromatic N) is 5. The van der Waals surface area contributed by atoms with E-state index in [0.29, 0.717) is 30.3 Å². The van der Waals surface area contributed by atoms with E-state index in [1.54, 1.807) is 20.5 Å². The van der Waals surface area contributed by atoms with Crippen molar-refractivity contribution in [2.75, 3.05) is 32.8 Å². The Morgan fingerprint density at radius 3 is 2.58 bits per heavy atom. The minimum absolute atomic E-state index is 0.167. The fourth-order valence-corrected chi connectivity index (χ4v) is 4.04. The van der Waals surface area contributed by atoms with Gasteiger partial charge in [0.2, 0.25) is 5.28 Å². The van der Waals surface area contributed by atoms with Crippen LogP contribution in [0.5, 0.6) is 11.5 Å². The van der Waals surface area contributed by atoms with E-state index in [-0.39, 0.29) is 5.28 Å². The molecule has 0 amide bonds. The Kier molecular flexibility index (Phi) is 7.40. The van der Waals surface area contributed by atoms with Gasteiger partial charge in [-0.2, -0.15) is 9.97 Å². The zero-order valence-electron chi connectivity index (χ0n) is 19.0. The summed E-state index contributed by atoms with van der Waals surface area (Å²) in [6.07, 6.45) is 1.72. The van der Waals surface area contributed by atoms with Crippen molar-refractivity contribution in [1.29, 1.82) is 0 Å². The van der Waals surface area contributed by atoms with Crippen LogP contribution in [0.3, 0.4) is 0 Å². The van der Waals surface area contributed by atoms with E-state index in [4.69, 9.17) is 25.8 Å². The molecular formula is C21H30ClN5O3Si. The van der Waals surface area contributed by atoms with Crippen LogP contribution in [0.4, 0.5) is 5.82 Å². The number of rotatable bonds is 10. The van der Waals surface area contributed by atoms with Gasteiger partial charge in [0.15, 0.2) is 17.0 Å². The molecule has 2 aromatic heterocycles. The number of imidazole rings is 1. The van der Waals surface area contributed by atoms with Crippen molar-refractivity contribution in [2.45, 2.75) is 39.0 Å². The molecule has 8 nitrogen and oxygen atoms in total. The molecule has 0 N–H and O–H groups in total. The average molecular weight is 464 g/mol. The van der Waals surface area contributed by atoms with Crippen LogP contribution >= 0.6 is 11.6 Å². The highest BCUT2D eigenvalue weighted by atomic mass is 35.5. The highest BCUT2D eigenvalue weighted by molar-refractivity contribution is 6.76. The first-order valence-corrected chi connectivity index (χ1v) is 14.2. The number of fused-ring (bicyclic) bond motifs is 1. The lowest BCUT2D eigenvalue weighted by Crippen LogP contribution is -2.22. The van der Waals surface area contributed by atoms with Crippen LogP contribution in [0, 0.1) is 0 Å². The number of aromatic nitrogens is 4. The number of anilines is 1. The number of halogens is 1. The molecule has 0 aliphatic rings. The Bertz CT molecular complexity index is 1040. The van der Waals surface area contributed by atoms with Gasteiger partial charge in [-0.1, -0.05) is 19.6 Å². The summed E-state index contributed by atoms with van der Waals surface area (Å²) in [6.45, 7) is 8.64. The summed E-state index contributed by atoms with van der Waals surface area (Å²) in [4.78, 5) is 15.3. The van der Waals surface area contributed by atoms with Crippen LogP contribution in [0.25, 0.3) is 11.2 Å². The van der Waals surface area contributed by atoms with Crippen molar-refractivity contribution in [1.82, 2.24) is 19.5 Å². The minimum atomic E-state index is -1.14. The molecule has 0 saturated carbocycles. The maximum atomic E-state index is 6.25. The molecule has 168 valence electrons. The van der Waals surface area contributed by atoms with Gasteiger partial charge in [-0.3, -0.25) is 4.57 Å². The first kappa shape index (κ1) is 23.3. The van der Waals surface area contributed by atoms with Gasteiger partial charge >= 0.3 is 0 Å². The lowest BCUT2D eigenvalue weighted by molar-refractivity contribution is 0.0895. The Balaban J connectivity index is 1.81. The minimum Gasteiger partial charge on any atom is -0.497 e. The van der Waals surface area contributed by atoms with Crippen LogP contribution in [0.15, 0.2) is 24.5 Å². The highest BCUT2D eigenvalue weighted by Gasteiger charge is 2.18. The van der Waals surface area contributed by atoms with E-state index >= 15 is 0 Å². The molecule has 0 aliphatic heterocycles. The molecule has 10 heteroatoms. The summed E-state index contributed by atoms with van der Waals surface area (Å²) in [7, 11) is 4.07. The van der Waals surface area contributed by atoms with Gasteiger partial charge in [0, 0.05) is 39.9 Å². The highest BCUT2D eigenvalue weighted by Crippen LogP contribution is 2.29.